The topological polar surface area (TPSA) is 32.8 Å². The minimum Gasteiger partial charge on any atom is -0.384 e. The van der Waals surface area contributed by atoms with Crippen LogP contribution in [0.1, 0.15) is 39.4 Å². The lowest BCUT2D eigenvalue weighted by molar-refractivity contribution is -0.0729. The summed E-state index contributed by atoms with van der Waals surface area (Å²) in [5.74, 6) is 0.885. The van der Waals surface area contributed by atoms with Gasteiger partial charge in [0.05, 0.1) is 10.4 Å². The molecule has 3 aliphatic rings. The van der Waals surface area contributed by atoms with E-state index in [-0.39, 0.29) is 11.4 Å². The van der Waals surface area contributed by atoms with E-state index in [4.69, 9.17) is 4.74 Å². The van der Waals surface area contributed by atoms with Crippen LogP contribution in [0.4, 0.5) is 0 Å². The van der Waals surface area contributed by atoms with E-state index in [1.807, 2.05) is 4.90 Å². The molecule has 1 amide bonds. The summed E-state index contributed by atoms with van der Waals surface area (Å²) >= 11 is 1.73. The quantitative estimate of drug-likeness (QED) is 0.851. The minimum atomic E-state index is 0.192. The van der Waals surface area contributed by atoms with Crippen molar-refractivity contribution in [2.45, 2.75) is 37.6 Å². The molecule has 0 aromatic carbocycles. The van der Waals surface area contributed by atoms with Crippen LogP contribution in [0.25, 0.3) is 0 Å². The maximum absolute atomic E-state index is 12.8. The molecule has 2 fully saturated rings. The first-order chi connectivity index (χ1) is 11.1. The van der Waals surface area contributed by atoms with Crippen molar-refractivity contribution in [2.75, 3.05) is 40.4 Å². The standard InChI is InChI=1S/C18H26N2O2S/c1-19-7-6-13(10-22-2)9-18(19)11-20(12-18)17(21)16-8-14-4-3-5-15(14)23-16/h8,13H,3-7,9-12H2,1-2H3/t13-/m1/s1. The number of nitrogens with zero attached hydrogens (tertiary/aromatic N) is 2. The largest absolute Gasteiger partial charge is 0.384 e. The number of ether oxygens (including phenoxy) is 1. The van der Waals surface area contributed by atoms with Gasteiger partial charge in [-0.05, 0) is 63.2 Å². The molecule has 3 heterocycles. The first-order valence-electron chi connectivity index (χ1n) is 8.72. The Morgan fingerprint density at radius 2 is 2.26 bits per heavy atom. The third kappa shape index (κ3) is 2.63. The Morgan fingerprint density at radius 1 is 1.43 bits per heavy atom. The molecule has 1 spiro atoms. The molecule has 1 aromatic heterocycles. The molecule has 1 aliphatic carbocycles. The predicted octanol–water partition coefficient (Wildman–Crippen LogP) is 2.42. The fraction of sp³-hybridized carbons (Fsp3) is 0.722. The Labute approximate surface area is 142 Å². The van der Waals surface area contributed by atoms with Gasteiger partial charge in [0.1, 0.15) is 0 Å². The number of thiophene rings is 1. The van der Waals surface area contributed by atoms with Gasteiger partial charge in [-0.1, -0.05) is 0 Å². The van der Waals surface area contributed by atoms with E-state index in [2.05, 4.69) is 18.0 Å². The number of aryl methyl sites for hydroxylation is 2. The number of hydrogen-bond acceptors (Lipinski definition) is 4. The second kappa shape index (κ2) is 5.87. The summed E-state index contributed by atoms with van der Waals surface area (Å²) in [6, 6.07) is 2.15. The number of likely N-dealkylation sites (tertiary alicyclic amines) is 2. The average molecular weight is 334 g/mol. The van der Waals surface area contributed by atoms with Crippen LogP contribution in [0.5, 0.6) is 0 Å². The maximum atomic E-state index is 12.8. The van der Waals surface area contributed by atoms with Crippen molar-refractivity contribution < 1.29 is 9.53 Å². The molecule has 5 heteroatoms. The van der Waals surface area contributed by atoms with Gasteiger partial charge in [-0.25, -0.2) is 0 Å². The zero-order chi connectivity index (χ0) is 16.0. The number of piperidine rings is 1. The van der Waals surface area contributed by atoms with Gasteiger partial charge in [0.15, 0.2) is 0 Å². The molecule has 2 aliphatic heterocycles. The number of likely N-dealkylation sites (N-methyl/N-ethyl adjacent to an activating group) is 1. The van der Waals surface area contributed by atoms with E-state index >= 15 is 0 Å². The molecular formula is C18H26N2O2S. The number of rotatable bonds is 3. The highest BCUT2D eigenvalue weighted by Gasteiger charge is 2.51. The highest BCUT2D eigenvalue weighted by molar-refractivity contribution is 7.14. The van der Waals surface area contributed by atoms with Gasteiger partial charge >= 0.3 is 0 Å². The Morgan fingerprint density at radius 3 is 3.00 bits per heavy atom. The Kier molecular flexibility index (Phi) is 3.98. The number of hydrogen-bond donors (Lipinski definition) is 0. The summed E-state index contributed by atoms with van der Waals surface area (Å²) in [7, 11) is 4.00. The molecule has 2 saturated heterocycles. The fourth-order valence-electron chi connectivity index (χ4n) is 4.56. The Balaban J connectivity index is 1.42. The lowest BCUT2D eigenvalue weighted by atomic mass is 9.75. The second-order valence-corrected chi connectivity index (χ2v) is 8.67. The van der Waals surface area contributed by atoms with Gasteiger partial charge in [0.2, 0.25) is 0 Å². The third-order valence-electron chi connectivity index (χ3n) is 5.97. The Hall–Kier alpha value is -0.910. The molecule has 126 valence electrons. The summed E-state index contributed by atoms with van der Waals surface area (Å²) in [5.41, 5.74) is 1.61. The van der Waals surface area contributed by atoms with E-state index in [1.165, 1.54) is 29.7 Å². The summed E-state index contributed by atoms with van der Waals surface area (Å²) in [6.07, 6.45) is 5.94. The normalized spacial score (nSPS) is 26.3. The average Bonchev–Trinajstić information content (AvgIpc) is 3.08. The van der Waals surface area contributed by atoms with Gasteiger partial charge < -0.3 is 9.64 Å². The molecule has 1 aromatic rings. The zero-order valence-corrected chi connectivity index (χ0v) is 15.0. The van der Waals surface area contributed by atoms with Crippen LogP contribution in [0.3, 0.4) is 0 Å². The molecule has 0 unspecified atom stereocenters. The highest BCUT2D eigenvalue weighted by Crippen LogP contribution is 2.40. The lowest BCUT2D eigenvalue weighted by Crippen LogP contribution is -2.72. The van der Waals surface area contributed by atoms with Crippen molar-refractivity contribution in [1.29, 1.82) is 0 Å². The fourth-order valence-corrected chi connectivity index (χ4v) is 5.78. The van der Waals surface area contributed by atoms with Crippen molar-refractivity contribution in [2.24, 2.45) is 5.92 Å². The van der Waals surface area contributed by atoms with E-state index in [1.54, 1.807) is 18.4 Å². The summed E-state index contributed by atoms with van der Waals surface area (Å²) in [6.45, 7) is 3.72. The van der Waals surface area contributed by atoms with Gasteiger partial charge in [-0.2, -0.15) is 0 Å². The van der Waals surface area contributed by atoms with Gasteiger partial charge in [-0.15, -0.1) is 11.3 Å². The number of amides is 1. The molecular weight excluding hydrogens is 308 g/mol. The first-order valence-corrected chi connectivity index (χ1v) is 9.54. The van der Waals surface area contributed by atoms with Crippen molar-refractivity contribution in [3.8, 4) is 0 Å². The molecule has 4 nitrogen and oxygen atoms in total. The van der Waals surface area contributed by atoms with Crippen LogP contribution in [0.15, 0.2) is 6.07 Å². The van der Waals surface area contributed by atoms with Gasteiger partial charge in [-0.3, -0.25) is 9.69 Å². The minimum absolute atomic E-state index is 0.192. The SMILES string of the molecule is COC[C@@H]1CCN(C)C2(C1)CN(C(=O)c1cc3c(s1)CCC3)C2. The third-order valence-corrected chi connectivity index (χ3v) is 7.19. The summed E-state index contributed by atoms with van der Waals surface area (Å²) in [4.78, 5) is 19.7. The predicted molar refractivity (Wildman–Crippen MR) is 92.2 cm³/mol. The maximum Gasteiger partial charge on any atom is 0.264 e. The molecule has 0 N–H and O–H groups in total. The number of methoxy groups -OCH3 is 1. The van der Waals surface area contributed by atoms with Crippen LogP contribution >= 0.6 is 11.3 Å². The zero-order valence-electron chi connectivity index (χ0n) is 14.1. The smallest absolute Gasteiger partial charge is 0.264 e. The molecule has 0 radical (unpaired) electrons. The van der Waals surface area contributed by atoms with Gasteiger partial charge in [0.25, 0.3) is 5.91 Å². The van der Waals surface area contributed by atoms with Crippen LogP contribution in [0.2, 0.25) is 0 Å². The first kappa shape index (κ1) is 15.6. The van der Waals surface area contributed by atoms with Crippen LogP contribution in [-0.4, -0.2) is 61.6 Å². The molecule has 1 atom stereocenters. The number of fused-ring (bicyclic) bond motifs is 1. The molecule has 0 saturated carbocycles. The molecule has 23 heavy (non-hydrogen) atoms. The lowest BCUT2D eigenvalue weighted by Gasteiger charge is -2.58. The van der Waals surface area contributed by atoms with E-state index in [9.17, 15) is 4.79 Å². The molecule has 0 bridgehead atoms. The monoisotopic (exact) mass is 334 g/mol. The van der Waals surface area contributed by atoms with E-state index in [0.717, 1.165) is 44.0 Å². The molecule has 4 rings (SSSR count). The Bertz CT molecular complexity index is 585. The van der Waals surface area contributed by atoms with E-state index in [0.29, 0.717) is 5.92 Å². The summed E-state index contributed by atoms with van der Waals surface area (Å²) < 4.78 is 5.36. The number of carbonyl (C=O) groups excluding carboxylic acids is 1. The summed E-state index contributed by atoms with van der Waals surface area (Å²) in [5, 5.41) is 0. The highest BCUT2D eigenvalue weighted by atomic mass is 32.1. The van der Waals surface area contributed by atoms with Crippen molar-refractivity contribution >= 4 is 17.2 Å². The van der Waals surface area contributed by atoms with Gasteiger partial charge in [0, 0.05) is 31.7 Å². The second-order valence-electron chi connectivity index (χ2n) is 7.53. The van der Waals surface area contributed by atoms with Crippen molar-refractivity contribution in [3.63, 3.8) is 0 Å². The van der Waals surface area contributed by atoms with Crippen LogP contribution in [-0.2, 0) is 17.6 Å². The van der Waals surface area contributed by atoms with Crippen molar-refractivity contribution in [1.82, 2.24) is 9.80 Å². The number of carbonyl (C=O) groups is 1. The van der Waals surface area contributed by atoms with Crippen LogP contribution in [0, 0.1) is 5.92 Å². The van der Waals surface area contributed by atoms with E-state index < -0.39 is 0 Å². The van der Waals surface area contributed by atoms with Crippen LogP contribution < -0.4 is 0 Å². The van der Waals surface area contributed by atoms with Crippen molar-refractivity contribution in [3.05, 3.63) is 21.4 Å².